The molecular weight excluding hydrogens is 202 g/mol. The normalized spacial score (nSPS) is 26.1. The number of aromatic nitrogens is 2. The number of nitrogens with one attached hydrogen (secondary N) is 1. The zero-order chi connectivity index (χ0) is 11.0. The molecule has 1 saturated heterocycles. The van der Waals surface area contributed by atoms with Crippen molar-refractivity contribution >= 4 is 5.52 Å². The first-order chi connectivity index (χ1) is 7.83. The number of morpholine rings is 1. The molecular formula is C12H15N3O. The molecule has 84 valence electrons. The van der Waals surface area contributed by atoms with Crippen molar-refractivity contribution in [1.29, 1.82) is 0 Å². The number of nitrogens with zero attached hydrogens (tertiary/aromatic N) is 2. The predicted octanol–water partition coefficient (Wildman–Crippen LogP) is 1.38. The molecule has 2 atom stereocenters. The second kappa shape index (κ2) is 3.88. The van der Waals surface area contributed by atoms with Crippen LogP contribution in [0.2, 0.25) is 0 Å². The van der Waals surface area contributed by atoms with Crippen molar-refractivity contribution in [2.75, 3.05) is 13.1 Å². The first kappa shape index (κ1) is 9.81. The summed E-state index contributed by atoms with van der Waals surface area (Å²) >= 11 is 0. The summed E-state index contributed by atoms with van der Waals surface area (Å²) in [5.41, 5.74) is 2.33. The van der Waals surface area contributed by atoms with Crippen LogP contribution in [0.3, 0.4) is 0 Å². The Labute approximate surface area is 94.2 Å². The molecule has 0 bridgehead atoms. The van der Waals surface area contributed by atoms with Gasteiger partial charge in [-0.3, -0.25) is 0 Å². The van der Waals surface area contributed by atoms with Crippen LogP contribution in [0.5, 0.6) is 0 Å². The van der Waals surface area contributed by atoms with Gasteiger partial charge in [0.25, 0.3) is 0 Å². The topological polar surface area (TPSA) is 38.6 Å². The second-order valence-corrected chi connectivity index (χ2v) is 4.25. The van der Waals surface area contributed by atoms with Crippen molar-refractivity contribution in [3.8, 4) is 0 Å². The van der Waals surface area contributed by atoms with E-state index in [-0.39, 0.29) is 12.2 Å². The van der Waals surface area contributed by atoms with Crippen molar-refractivity contribution in [1.82, 2.24) is 14.9 Å². The number of pyridine rings is 1. The number of hydrogen-bond donors (Lipinski definition) is 1. The molecule has 3 rings (SSSR count). The highest BCUT2D eigenvalue weighted by molar-refractivity contribution is 5.48. The molecule has 0 amide bonds. The van der Waals surface area contributed by atoms with Gasteiger partial charge in [0.2, 0.25) is 0 Å². The largest absolute Gasteiger partial charge is 0.368 e. The Morgan fingerprint density at radius 2 is 2.38 bits per heavy atom. The smallest absolute Gasteiger partial charge is 0.0954 e. The van der Waals surface area contributed by atoms with Crippen LogP contribution in [0, 0.1) is 0 Å². The number of hydrogen-bond acceptors (Lipinski definition) is 3. The number of ether oxygens (including phenoxy) is 1. The van der Waals surface area contributed by atoms with Crippen LogP contribution in [-0.4, -0.2) is 28.8 Å². The van der Waals surface area contributed by atoms with Gasteiger partial charge >= 0.3 is 0 Å². The highest BCUT2D eigenvalue weighted by Crippen LogP contribution is 2.22. The van der Waals surface area contributed by atoms with Gasteiger partial charge in [0.1, 0.15) is 0 Å². The fraction of sp³-hybridized carbons (Fsp3) is 0.417. The molecule has 0 aliphatic carbocycles. The minimum absolute atomic E-state index is 0.156. The summed E-state index contributed by atoms with van der Waals surface area (Å²) in [6.07, 6.45) is 4.22. The summed E-state index contributed by atoms with van der Waals surface area (Å²) in [5, 5.41) is 7.56. The van der Waals surface area contributed by atoms with Gasteiger partial charge in [-0.25, -0.2) is 4.52 Å². The SMILES string of the molecule is CC1CNC[C@H](c2ccn3nccc3c2)O1. The van der Waals surface area contributed by atoms with Crippen LogP contribution in [0.4, 0.5) is 0 Å². The summed E-state index contributed by atoms with van der Waals surface area (Å²) in [6, 6.07) is 6.21. The molecule has 0 saturated carbocycles. The molecule has 2 aromatic rings. The molecule has 0 radical (unpaired) electrons. The molecule has 0 aromatic carbocycles. The molecule has 1 N–H and O–H groups in total. The third-order valence-corrected chi connectivity index (χ3v) is 2.95. The highest BCUT2D eigenvalue weighted by atomic mass is 16.5. The van der Waals surface area contributed by atoms with Crippen molar-refractivity contribution in [2.24, 2.45) is 0 Å². The molecule has 4 heteroatoms. The average Bonchev–Trinajstić information content (AvgIpc) is 2.75. The highest BCUT2D eigenvalue weighted by Gasteiger charge is 2.20. The molecule has 3 heterocycles. The zero-order valence-corrected chi connectivity index (χ0v) is 9.26. The Kier molecular flexibility index (Phi) is 2.38. The molecule has 2 aromatic heterocycles. The fourth-order valence-corrected chi connectivity index (χ4v) is 2.13. The number of rotatable bonds is 1. The zero-order valence-electron chi connectivity index (χ0n) is 9.26. The molecule has 1 aliphatic rings. The minimum atomic E-state index is 0.156. The van der Waals surface area contributed by atoms with E-state index in [1.54, 1.807) is 0 Å². The maximum Gasteiger partial charge on any atom is 0.0954 e. The Morgan fingerprint density at radius 1 is 1.44 bits per heavy atom. The van der Waals surface area contributed by atoms with Crippen LogP contribution >= 0.6 is 0 Å². The van der Waals surface area contributed by atoms with Crippen molar-refractivity contribution in [3.63, 3.8) is 0 Å². The molecule has 16 heavy (non-hydrogen) atoms. The maximum absolute atomic E-state index is 5.91. The van der Waals surface area contributed by atoms with Crippen LogP contribution < -0.4 is 5.32 Å². The van der Waals surface area contributed by atoms with Gasteiger partial charge in [-0.2, -0.15) is 5.10 Å². The third-order valence-electron chi connectivity index (χ3n) is 2.95. The van der Waals surface area contributed by atoms with Gasteiger partial charge in [0, 0.05) is 25.5 Å². The lowest BCUT2D eigenvalue weighted by molar-refractivity contribution is -0.0287. The quantitative estimate of drug-likeness (QED) is 0.784. The first-order valence-electron chi connectivity index (χ1n) is 5.62. The van der Waals surface area contributed by atoms with E-state index < -0.39 is 0 Å². The van der Waals surface area contributed by atoms with Crippen molar-refractivity contribution < 1.29 is 4.74 Å². The lowest BCUT2D eigenvalue weighted by Gasteiger charge is -2.29. The van der Waals surface area contributed by atoms with Crippen molar-refractivity contribution in [2.45, 2.75) is 19.1 Å². The van der Waals surface area contributed by atoms with E-state index in [4.69, 9.17) is 4.74 Å². The van der Waals surface area contributed by atoms with E-state index in [1.165, 1.54) is 5.56 Å². The van der Waals surface area contributed by atoms with Gasteiger partial charge in [-0.05, 0) is 30.7 Å². The van der Waals surface area contributed by atoms with Crippen LogP contribution in [0.1, 0.15) is 18.6 Å². The monoisotopic (exact) mass is 217 g/mol. The summed E-state index contributed by atoms with van der Waals surface area (Å²) in [5.74, 6) is 0. The van der Waals surface area contributed by atoms with Crippen LogP contribution in [-0.2, 0) is 4.74 Å². The van der Waals surface area contributed by atoms with E-state index >= 15 is 0 Å². The lowest BCUT2D eigenvalue weighted by atomic mass is 10.1. The van der Waals surface area contributed by atoms with E-state index in [9.17, 15) is 0 Å². The Balaban J connectivity index is 1.92. The summed E-state index contributed by atoms with van der Waals surface area (Å²) in [4.78, 5) is 0. The molecule has 1 fully saturated rings. The van der Waals surface area contributed by atoms with E-state index in [1.807, 2.05) is 23.0 Å². The van der Waals surface area contributed by atoms with Gasteiger partial charge in [0.15, 0.2) is 0 Å². The van der Waals surface area contributed by atoms with Crippen LogP contribution in [0.25, 0.3) is 5.52 Å². The summed E-state index contributed by atoms with van der Waals surface area (Å²) in [6.45, 7) is 3.91. The molecule has 0 spiro atoms. The van der Waals surface area contributed by atoms with Gasteiger partial charge < -0.3 is 10.1 Å². The molecule has 4 nitrogen and oxygen atoms in total. The minimum Gasteiger partial charge on any atom is -0.368 e. The first-order valence-corrected chi connectivity index (χ1v) is 5.62. The fourth-order valence-electron chi connectivity index (χ4n) is 2.13. The van der Waals surface area contributed by atoms with E-state index in [0.717, 1.165) is 18.6 Å². The average molecular weight is 217 g/mol. The summed E-state index contributed by atoms with van der Waals surface area (Å²) in [7, 11) is 0. The van der Waals surface area contributed by atoms with Gasteiger partial charge in [-0.1, -0.05) is 0 Å². The van der Waals surface area contributed by atoms with Crippen LogP contribution in [0.15, 0.2) is 30.6 Å². The summed E-state index contributed by atoms with van der Waals surface area (Å²) < 4.78 is 7.77. The van der Waals surface area contributed by atoms with Crippen molar-refractivity contribution in [3.05, 3.63) is 36.2 Å². The predicted molar refractivity (Wildman–Crippen MR) is 61.3 cm³/mol. The Morgan fingerprint density at radius 3 is 3.25 bits per heavy atom. The van der Waals surface area contributed by atoms with E-state index in [2.05, 4.69) is 29.5 Å². The maximum atomic E-state index is 5.91. The van der Waals surface area contributed by atoms with Gasteiger partial charge in [0.05, 0.1) is 17.7 Å². The van der Waals surface area contributed by atoms with Gasteiger partial charge in [-0.15, -0.1) is 0 Å². The standard InChI is InChI=1S/C12H15N3O/c1-9-7-13-8-12(16-9)10-3-5-15-11(6-10)2-4-14-15/h2-6,9,12-13H,7-8H2,1H3/t9?,12-/m1/s1. The lowest BCUT2D eigenvalue weighted by Crippen LogP contribution is -2.38. The number of fused-ring (bicyclic) bond motifs is 1. The molecule has 1 unspecified atom stereocenters. The molecule has 1 aliphatic heterocycles. The third kappa shape index (κ3) is 1.70. The Hall–Kier alpha value is -1.39. The second-order valence-electron chi connectivity index (χ2n) is 4.25. The van der Waals surface area contributed by atoms with E-state index in [0.29, 0.717) is 0 Å². The Bertz CT molecular complexity index is 494.